The van der Waals surface area contributed by atoms with Crippen LogP contribution in [0.15, 0.2) is 24.1 Å². The molecule has 0 radical (unpaired) electrons. The Bertz CT molecular complexity index is 436. The number of hydrogen-bond donors (Lipinski definition) is 1. The summed E-state index contributed by atoms with van der Waals surface area (Å²) in [5.74, 6) is 0. The second-order valence-corrected chi connectivity index (χ2v) is 5.19. The molecule has 2 heterocycles. The van der Waals surface area contributed by atoms with Gasteiger partial charge in [-0.25, -0.2) is 0 Å². The van der Waals surface area contributed by atoms with Gasteiger partial charge >= 0.3 is 5.00 Å². The molecule has 1 aromatic heterocycles. The van der Waals surface area contributed by atoms with Crippen LogP contribution in [0.25, 0.3) is 0 Å². The van der Waals surface area contributed by atoms with Gasteiger partial charge in [0.1, 0.15) is 0 Å². The molecule has 1 aliphatic rings. The van der Waals surface area contributed by atoms with Crippen molar-refractivity contribution in [2.75, 3.05) is 26.2 Å². The van der Waals surface area contributed by atoms with Gasteiger partial charge in [-0.3, -0.25) is 15.0 Å². The zero-order chi connectivity index (χ0) is 13.0. The van der Waals surface area contributed by atoms with Crippen LogP contribution in [-0.2, 0) is 0 Å². The molecule has 1 aliphatic heterocycles. The monoisotopic (exact) mass is 339 g/mol. The Morgan fingerprint density at radius 3 is 2.65 bits per heavy atom. The van der Waals surface area contributed by atoms with E-state index in [9.17, 15) is 10.1 Å². The smallest absolute Gasteiger partial charge is 0.314 e. The van der Waals surface area contributed by atoms with Crippen molar-refractivity contribution >= 4 is 41.2 Å². The van der Waals surface area contributed by atoms with E-state index in [1.165, 1.54) is 11.3 Å². The van der Waals surface area contributed by atoms with E-state index >= 15 is 0 Å². The Kier molecular flexibility index (Phi) is 9.00. The number of halogens is 2. The maximum absolute atomic E-state index is 10.7. The van der Waals surface area contributed by atoms with Gasteiger partial charge in [-0.2, -0.15) is 0 Å². The highest BCUT2D eigenvalue weighted by molar-refractivity contribution is 7.13. The third-order valence-corrected chi connectivity index (χ3v) is 4.05. The number of nitrogens with zero attached hydrogens (tertiary/aromatic N) is 2. The molecule has 0 spiro atoms. The summed E-state index contributed by atoms with van der Waals surface area (Å²) in [7, 11) is 0. The lowest BCUT2D eigenvalue weighted by Crippen LogP contribution is -2.45. The first-order chi connectivity index (χ1) is 8.72. The van der Waals surface area contributed by atoms with E-state index in [4.69, 9.17) is 0 Å². The second kappa shape index (κ2) is 9.31. The lowest BCUT2D eigenvalue weighted by molar-refractivity contribution is -0.380. The van der Waals surface area contributed by atoms with E-state index in [0.29, 0.717) is 0 Å². The highest BCUT2D eigenvalue weighted by Gasteiger charge is 2.23. The number of rotatable bonds is 5. The van der Waals surface area contributed by atoms with E-state index in [0.717, 1.165) is 38.2 Å². The van der Waals surface area contributed by atoms with Crippen molar-refractivity contribution in [2.24, 2.45) is 0 Å². The van der Waals surface area contributed by atoms with Crippen molar-refractivity contribution in [3.05, 3.63) is 39.8 Å². The molecule has 114 valence electrons. The zero-order valence-electron chi connectivity index (χ0n) is 11.0. The van der Waals surface area contributed by atoms with Crippen molar-refractivity contribution in [2.45, 2.75) is 12.5 Å². The molecule has 1 saturated heterocycles. The molecule has 8 heteroatoms. The van der Waals surface area contributed by atoms with Crippen molar-refractivity contribution in [3.8, 4) is 0 Å². The first-order valence-corrected chi connectivity index (χ1v) is 6.89. The fourth-order valence-corrected chi connectivity index (χ4v) is 3.03. The second-order valence-electron chi connectivity index (χ2n) is 4.30. The van der Waals surface area contributed by atoms with Crippen LogP contribution in [0.2, 0.25) is 0 Å². The molecule has 1 atom stereocenters. The van der Waals surface area contributed by atoms with Gasteiger partial charge in [0, 0.05) is 43.7 Å². The fourth-order valence-electron chi connectivity index (χ4n) is 2.26. The Morgan fingerprint density at radius 1 is 1.50 bits per heavy atom. The van der Waals surface area contributed by atoms with Crippen LogP contribution in [0.3, 0.4) is 0 Å². The first kappa shape index (κ1) is 19.3. The summed E-state index contributed by atoms with van der Waals surface area (Å²) in [6, 6.07) is 1.91. The fraction of sp³-hybridized carbons (Fsp3) is 0.500. The Morgan fingerprint density at radius 2 is 2.15 bits per heavy atom. The predicted octanol–water partition coefficient (Wildman–Crippen LogP) is 3.02. The molecule has 0 amide bonds. The van der Waals surface area contributed by atoms with E-state index in [1.54, 1.807) is 6.07 Å². The van der Waals surface area contributed by atoms with Gasteiger partial charge in [-0.15, -0.1) is 31.4 Å². The maximum Gasteiger partial charge on any atom is 0.324 e. The standard InChI is InChI=1S/C12H17N3O2S.2ClH/c1-2-3-11(14-6-4-13-5-7-14)10-8-12(15(16)17)18-9-10;;/h2,8-9,11,13H,1,3-7H2;2*1H/t11-;;/m1../s1. The van der Waals surface area contributed by atoms with E-state index in [-0.39, 0.29) is 40.8 Å². The van der Waals surface area contributed by atoms with Crippen molar-refractivity contribution in [3.63, 3.8) is 0 Å². The average molecular weight is 340 g/mol. The molecule has 1 aromatic rings. The predicted molar refractivity (Wildman–Crippen MR) is 87.5 cm³/mol. The van der Waals surface area contributed by atoms with E-state index < -0.39 is 0 Å². The number of thiophene rings is 1. The van der Waals surface area contributed by atoms with Crippen LogP contribution < -0.4 is 5.32 Å². The van der Waals surface area contributed by atoms with Crippen LogP contribution >= 0.6 is 36.2 Å². The summed E-state index contributed by atoms with van der Waals surface area (Å²) in [6.45, 7) is 7.68. The van der Waals surface area contributed by atoms with Crippen molar-refractivity contribution < 1.29 is 4.92 Å². The molecule has 0 aliphatic carbocycles. The highest BCUT2D eigenvalue weighted by atomic mass is 35.5. The average Bonchev–Trinajstić information content (AvgIpc) is 2.86. The summed E-state index contributed by atoms with van der Waals surface area (Å²) in [4.78, 5) is 12.8. The molecule has 0 bridgehead atoms. The van der Waals surface area contributed by atoms with Gasteiger partial charge < -0.3 is 5.32 Å². The molecule has 0 aromatic carbocycles. The van der Waals surface area contributed by atoms with Crippen molar-refractivity contribution in [1.29, 1.82) is 0 Å². The third kappa shape index (κ3) is 4.71. The zero-order valence-corrected chi connectivity index (χ0v) is 13.4. The van der Waals surface area contributed by atoms with Crippen molar-refractivity contribution in [1.82, 2.24) is 10.2 Å². The molecule has 1 N–H and O–H groups in total. The van der Waals surface area contributed by atoms with E-state index in [2.05, 4.69) is 16.8 Å². The molecule has 1 fully saturated rings. The lowest BCUT2D eigenvalue weighted by Gasteiger charge is -2.34. The first-order valence-electron chi connectivity index (χ1n) is 6.01. The number of piperazine rings is 1. The third-order valence-electron chi connectivity index (χ3n) is 3.15. The summed E-state index contributed by atoms with van der Waals surface area (Å²) in [6.07, 6.45) is 2.71. The largest absolute Gasteiger partial charge is 0.324 e. The topological polar surface area (TPSA) is 58.4 Å². The molecule has 20 heavy (non-hydrogen) atoms. The number of nitro groups is 1. The van der Waals surface area contributed by atoms with Crippen LogP contribution in [0.5, 0.6) is 0 Å². The number of hydrogen-bond acceptors (Lipinski definition) is 5. The molecule has 2 rings (SSSR count). The van der Waals surface area contributed by atoms with E-state index in [1.807, 2.05) is 11.5 Å². The quantitative estimate of drug-likeness (QED) is 0.509. The van der Waals surface area contributed by atoms with Crippen LogP contribution in [-0.4, -0.2) is 36.0 Å². The lowest BCUT2D eigenvalue weighted by atomic mass is 10.0. The summed E-state index contributed by atoms with van der Waals surface area (Å²) in [5, 5.41) is 16.2. The van der Waals surface area contributed by atoms with Gasteiger partial charge in [0.15, 0.2) is 0 Å². The van der Waals surface area contributed by atoms with Crippen LogP contribution in [0.1, 0.15) is 18.0 Å². The molecule has 5 nitrogen and oxygen atoms in total. The minimum absolute atomic E-state index is 0. The highest BCUT2D eigenvalue weighted by Crippen LogP contribution is 2.32. The van der Waals surface area contributed by atoms with Gasteiger partial charge in [0.25, 0.3) is 0 Å². The summed E-state index contributed by atoms with van der Waals surface area (Å²) >= 11 is 1.20. The molecule has 0 saturated carbocycles. The SMILES string of the molecule is C=CC[C@H](c1csc([N+](=O)[O-])c1)N1CCNCC1.Cl.Cl. The Labute approximate surface area is 135 Å². The van der Waals surface area contributed by atoms with Crippen LogP contribution in [0, 0.1) is 10.1 Å². The van der Waals surface area contributed by atoms with Gasteiger partial charge in [0.05, 0.1) is 4.92 Å². The maximum atomic E-state index is 10.7. The van der Waals surface area contributed by atoms with Gasteiger partial charge in [-0.1, -0.05) is 17.4 Å². The minimum atomic E-state index is -0.323. The van der Waals surface area contributed by atoms with Gasteiger partial charge in [-0.05, 0) is 12.0 Å². The Hall–Kier alpha value is -0.660. The summed E-state index contributed by atoms with van der Waals surface area (Å²) < 4.78 is 0. The number of nitrogens with one attached hydrogen (secondary N) is 1. The molecular formula is C12H19Cl2N3O2S. The van der Waals surface area contributed by atoms with Gasteiger partial charge in [0.2, 0.25) is 0 Å². The Balaban J connectivity index is 0.00000180. The normalized spacial score (nSPS) is 16.6. The molecule has 0 unspecified atom stereocenters. The minimum Gasteiger partial charge on any atom is -0.314 e. The van der Waals surface area contributed by atoms with Crippen LogP contribution in [0.4, 0.5) is 5.00 Å². The summed E-state index contributed by atoms with van der Waals surface area (Å²) in [5.41, 5.74) is 1.04. The molecular weight excluding hydrogens is 321 g/mol.